The van der Waals surface area contributed by atoms with Crippen molar-refractivity contribution in [2.75, 3.05) is 0 Å². The molecule has 27 heavy (non-hydrogen) atoms. The fourth-order valence-electron chi connectivity index (χ4n) is 4.91. The second kappa shape index (κ2) is 8.26. The van der Waals surface area contributed by atoms with Crippen molar-refractivity contribution in [1.29, 1.82) is 0 Å². The average Bonchev–Trinajstić information content (AvgIpc) is 3.24. The summed E-state index contributed by atoms with van der Waals surface area (Å²) in [6, 6.07) is 12.2. The van der Waals surface area contributed by atoms with Crippen LogP contribution in [0.1, 0.15) is 74.0 Å². The van der Waals surface area contributed by atoms with Gasteiger partial charge in [0, 0.05) is 11.1 Å². The standard InChI is InChI=1S/C25H26F2/c26-24-16-9-19(17-25(24)27)6-5-18-7-10-21(11-8-18)23-14-12-22(13-15-23)20-3-1-2-4-20/h7-11,16-17,20,22-23H,1-4,12-15H2/t22-,23-. The maximum atomic E-state index is 13.2. The van der Waals surface area contributed by atoms with Crippen LogP contribution in [0.25, 0.3) is 0 Å². The molecule has 0 bridgehead atoms. The third kappa shape index (κ3) is 4.41. The largest absolute Gasteiger partial charge is 0.204 e. The second-order valence-corrected chi connectivity index (χ2v) is 8.16. The highest BCUT2D eigenvalue weighted by Crippen LogP contribution is 2.43. The summed E-state index contributed by atoms with van der Waals surface area (Å²) < 4.78 is 26.2. The van der Waals surface area contributed by atoms with Crippen LogP contribution in [0.5, 0.6) is 0 Å². The molecule has 0 unspecified atom stereocenters. The van der Waals surface area contributed by atoms with Crippen molar-refractivity contribution in [1.82, 2.24) is 0 Å². The molecule has 2 aromatic carbocycles. The zero-order chi connectivity index (χ0) is 18.6. The molecule has 0 aromatic heterocycles. The van der Waals surface area contributed by atoms with E-state index < -0.39 is 11.6 Å². The normalized spacial score (nSPS) is 23.0. The Balaban J connectivity index is 1.37. The van der Waals surface area contributed by atoms with E-state index >= 15 is 0 Å². The first-order valence-electron chi connectivity index (χ1n) is 10.3. The van der Waals surface area contributed by atoms with E-state index in [1.165, 1.54) is 63.0 Å². The molecule has 0 atom stereocenters. The van der Waals surface area contributed by atoms with E-state index in [0.29, 0.717) is 11.5 Å². The summed E-state index contributed by atoms with van der Waals surface area (Å²) in [5, 5.41) is 0. The van der Waals surface area contributed by atoms with Crippen molar-refractivity contribution in [3.8, 4) is 11.8 Å². The van der Waals surface area contributed by atoms with E-state index in [1.54, 1.807) is 0 Å². The summed E-state index contributed by atoms with van der Waals surface area (Å²) in [7, 11) is 0. The Bertz CT molecular complexity index is 827. The fourth-order valence-corrected chi connectivity index (χ4v) is 4.91. The number of benzene rings is 2. The first-order chi connectivity index (χ1) is 13.2. The Morgan fingerprint density at radius 3 is 1.89 bits per heavy atom. The smallest absolute Gasteiger partial charge is 0.160 e. The molecule has 2 heteroatoms. The number of hydrogen-bond acceptors (Lipinski definition) is 0. The van der Waals surface area contributed by atoms with Crippen LogP contribution in [-0.2, 0) is 0 Å². The topological polar surface area (TPSA) is 0 Å². The van der Waals surface area contributed by atoms with Crippen LogP contribution in [-0.4, -0.2) is 0 Å². The Labute approximate surface area is 161 Å². The predicted octanol–water partition coefficient (Wildman–Crippen LogP) is 6.83. The summed E-state index contributed by atoms with van der Waals surface area (Å²) in [6.45, 7) is 0. The molecule has 0 N–H and O–H groups in total. The molecule has 0 amide bonds. The van der Waals surface area contributed by atoms with Gasteiger partial charge in [-0.15, -0.1) is 0 Å². The maximum Gasteiger partial charge on any atom is 0.160 e. The lowest BCUT2D eigenvalue weighted by atomic mass is 9.73. The summed E-state index contributed by atoms with van der Waals surface area (Å²) in [6.07, 6.45) is 11.2. The minimum atomic E-state index is -0.856. The maximum absolute atomic E-state index is 13.2. The van der Waals surface area contributed by atoms with Crippen LogP contribution in [0, 0.1) is 35.3 Å². The van der Waals surface area contributed by atoms with Crippen molar-refractivity contribution in [2.45, 2.75) is 57.3 Å². The fraction of sp³-hybridized carbons (Fsp3) is 0.440. The van der Waals surface area contributed by atoms with Gasteiger partial charge in [-0.25, -0.2) is 8.78 Å². The second-order valence-electron chi connectivity index (χ2n) is 8.16. The third-order valence-electron chi connectivity index (χ3n) is 6.49. The van der Waals surface area contributed by atoms with Crippen molar-refractivity contribution in [2.24, 2.45) is 11.8 Å². The van der Waals surface area contributed by atoms with Crippen molar-refractivity contribution in [3.05, 3.63) is 70.8 Å². The summed E-state index contributed by atoms with van der Waals surface area (Å²) >= 11 is 0. The van der Waals surface area contributed by atoms with E-state index in [1.807, 2.05) is 12.1 Å². The molecule has 2 fully saturated rings. The van der Waals surface area contributed by atoms with Crippen molar-refractivity contribution >= 4 is 0 Å². The lowest BCUT2D eigenvalue weighted by Crippen LogP contribution is -2.19. The minimum absolute atomic E-state index is 0.489. The molecule has 2 aliphatic rings. The Morgan fingerprint density at radius 1 is 0.630 bits per heavy atom. The van der Waals surface area contributed by atoms with Crippen LogP contribution in [0.2, 0.25) is 0 Å². The van der Waals surface area contributed by atoms with Crippen LogP contribution < -0.4 is 0 Å². The average molecular weight is 364 g/mol. The van der Waals surface area contributed by atoms with Gasteiger partial charge < -0.3 is 0 Å². The number of rotatable bonds is 2. The van der Waals surface area contributed by atoms with E-state index in [4.69, 9.17) is 0 Å². The van der Waals surface area contributed by atoms with Crippen LogP contribution in [0.4, 0.5) is 8.78 Å². The molecule has 0 radical (unpaired) electrons. The highest BCUT2D eigenvalue weighted by Gasteiger charge is 2.29. The zero-order valence-corrected chi connectivity index (χ0v) is 15.7. The first kappa shape index (κ1) is 18.2. The van der Waals surface area contributed by atoms with Crippen LogP contribution in [0.15, 0.2) is 42.5 Å². The van der Waals surface area contributed by atoms with Gasteiger partial charge in [0.15, 0.2) is 11.6 Å². The van der Waals surface area contributed by atoms with Gasteiger partial charge in [-0.05, 0) is 79.3 Å². The van der Waals surface area contributed by atoms with E-state index in [0.717, 1.165) is 29.5 Å². The molecular formula is C25H26F2. The molecule has 2 aliphatic carbocycles. The molecule has 2 aromatic rings. The lowest BCUT2D eigenvalue weighted by Gasteiger charge is -2.32. The number of halogens is 2. The van der Waals surface area contributed by atoms with Gasteiger partial charge >= 0.3 is 0 Å². The van der Waals surface area contributed by atoms with E-state index in [9.17, 15) is 8.78 Å². The Morgan fingerprint density at radius 2 is 1.22 bits per heavy atom. The third-order valence-corrected chi connectivity index (χ3v) is 6.49. The van der Waals surface area contributed by atoms with Gasteiger partial charge in [0.2, 0.25) is 0 Å². The SMILES string of the molecule is Fc1ccc(C#Cc2ccc([C@H]3CC[C@H](C4CCCC4)CC3)cc2)cc1F. The van der Waals surface area contributed by atoms with E-state index in [-0.39, 0.29) is 0 Å². The predicted molar refractivity (Wildman–Crippen MR) is 105 cm³/mol. The van der Waals surface area contributed by atoms with Crippen molar-refractivity contribution < 1.29 is 8.78 Å². The minimum Gasteiger partial charge on any atom is -0.204 e. The monoisotopic (exact) mass is 364 g/mol. The molecule has 2 saturated carbocycles. The van der Waals surface area contributed by atoms with Crippen LogP contribution in [0.3, 0.4) is 0 Å². The van der Waals surface area contributed by atoms with Gasteiger partial charge in [0.05, 0.1) is 0 Å². The summed E-state index contributed by atoms with van der Waals surface area (Å²) in [5.41, 5.74) is 2.81. The molecule has 4 rings (SSSR count). The molecule has 0 nitrogen and oxygen atoms in total. The summed E-state index contributed by atoms with van der Waals surface area (Å²) in [5.74, 6) is 6.89. The Kier molecular flexibility index (Phi) is 5.58. The van der Waals surface area contributed by atoms with Gasteiger partial charge in [-0.1, -0.05) is 49.7 Å². The molecular weight excluding hydrogens is 338 g/mol. The summed E-state index contributed by atoms with van der Waals surface area (Å²) in [4.78, 5) is 0. The Hall–Kier alpha value is -2.14. The molecule has 0 spiro atoms. The molecule has 0 heterocycles. The highest BCUT2D eigenvalue weighted by atomic mass is 19.2. The lowest BCUT2D eigenvalue weighted by molar-refractivity contribution is 0.235. The van der Waals surface area contributed by atoms with Gasteiger partial charge in [0.1, 0.15) is 0 Å². The zero-order valence-electron chi connectivity index (χ0n) is 15.7. The molecule has 0 aliphatic heterocycles. The van der Waals surface area contributed by atoms with Crippen molar-refractivity contribution in [3.63, 3.8) is 0 Å². The van der Waals surface area contributed by atoms with Crippen LogP contribution >= 0.6 is 0 Å². The van der Waals surface area contributed by atoms with Gasteiger partial charge in [0.25, 0.3) is 0 Å². The highest BCUT2D eigenvalue weighted by molar-refractivity contribution is 5.44. The first-order valence-corrected chi connectivity index (χ1v) is 10.3. The quantitative estimate of drug-likeness (QED) is 0.512. The molecule has 0 saturated heterocycles. The van der Waals surface area contributed by atoms with Gasteiger partial charge in [-0.3, -0.25) is 0 Å². The molecule has 140 valence electrons. The number of hydrogen-bond donors (Lipinski definition) is 0. The van der Waals surface area contributed by atoms with E-state index in [2.05, 4.69) is 24.0 Å². The van der Waals surface area contributed by atoms with Gasteiger partial charge in [-0.2, -0.15) is 0 Å².